The second-order valence-electron chi connectivity index (χ2n) is 4.52. The number of hydrogen-bond acceptors (Lipinski definition) is 2. The molecule has 1 aromatic carbocycles. The first-order valence-electron chi connectivity index (χ1n) is 5.87. The predicted octanol–water partition coefficient (Wildman–Crippen LogP) is 2.75. The van der Waals surface area contributed by atoms with Crippen LogP contribution in [0.1, 0.15) is 31.1 Å². The van der Waals surface area contributed by atoms with Crippen molar-refractivity contribution in [1.82, 2.24) is 10.6 Å². The Kier molecular flexibility index (Phi) is 5.82. The summed E-state index contributed by atoms with van der Waals surface area (Å²) in [7, 11) is 0. The third kappa shape index (κ3) is 5.20. The van der Waals surface area contributed by atoms with E-state index in [1.54, 1.807) is 25.1 Å². The minimum atomic E-state index is -0.604. The van der Waals surface area contributed by atoms with Crippen LogP contribution in [0, 0.1) is 0 Å². The number of carbonyl (C=O) groups is 2. The molecule has 19 heavy (non-hydrogen) atoms. The molecule has 0 aliphatic heterocycles. The van der Waals surface area contributed by atoms with Gasteiger partial charge in [-0.2, -0.15) is 0 Å². The monoisotopic (exact) mass is 346 g/mol. The Morgan fingerprint density at radius 3 is 2.32 bits per heavy atom. The minimum Gasteiger partial charge on any atom is -0.352 e. The summed E-state index contributed by atoms with van der Waals surface area (Å²) in [5.41, 5.74) is 0.406. The van der Waals surface area contributed by atoms with Gasteiger partial charge in [0.25, 0.3) is 5.91 Å². The van der Waals surface area contributed by atoms with E-state index in [-0.39, 0.29) is 17.9 Å². The van der Waals surface area contributed by atoms with Crippen LogP contribution in [-0.2, 0) is 4.79 Å². The SMILES string of the molecule is CC(C)NC(=O)C(C)NC(=O)c1cc(Cl)cc(Br)c1. The molecular formula is C13H16BrClN2O2. The largest absolute Gasteiger partial charge is 0.352 e. The smallest absolute Gasteiger partial charge is 0.252 e. The van der Waals surface area contributed by atoms with E-state index in [9.17, 15) is 9.59 Å². The molecule has 1 atom stereocenters. The van der Waals surface area contributed by atoms with Crippen molar-refractivity contribution in [2.75, 3.05) is 0 Å². The van der Waals surface area contributed by atoms with E-state index in [1.807, 2.05) is 13.8 Å². The van der Waals surface area contributed by atoms with Gasteiger partial charge in [0, 0.05) is 21.1 Å². The highest BCUT2D eigenvalue weighted by Gasteiger charge is 2.17. The fourth-order valence-corrected chi connectivity index (χ4v) is 2.30. The summed E-state index contributed by atoms with van der Waals surface area (Å²) in [5.74, 6) is -0.556. The molecular weight excluding hydrogens is 332 g/mol. The summed E-state index contributed by atoms with van der Waals surface area (Å²) in [6.45, 7) is 5.36. The van der Waals surface area contributed by atoms with Gasteiger partial charge in [-0.05, 0) is 39.0 Å². The molecule has 0 bridgehead atoms. The Hall–Kier alpha value is -1.07. The van der Waals surface area contributed by atoms with E-state index in [0.29, 0.717) is 15.1 Å². The summed E-state index contributed by atoms with van der Waals surface area (Å²) >= 11 is 9.14. The summed E-state index contributed by atoms with van der Waals surface area (Å²) in [6, 6.07) is 4.32. The second-order valence-corrected chi connectivity index (χ2v) is 5.87. The summed E-state index contributed by atoms with van der Waals surface area (Å²) in [6.07, 6.45) is 0. The average Bonchev–Trinajstić information content (AvgIpc) is 2.26. The average molecular weight is 348 g/mol. The predicted molar refractivity (Wildman–Crippen MR) is 79.4 cm³/mol. The fourth-order valence-electron chi connectivity index (χ4n) is 1.44. The van der Waals surface area contributed by atoms with Gasteiger partial charge in [-0.3, -0.25) is 9.59 Å². The van der Waals surface area contributed by atoms with Crippen molar-refractivity contribution in [3.05, 3.63) is 33.3 Å². The normalized spacial score (nSPS) is 12.1. The first-order valence-corrected chi connectivity index (χ1v) is 7.04. The van der Waals surface area contributed by atoms with Crippen LogP contribution >= 0.6 is 27.5 Å². The molecule has 0 aliphatic rings. The first-order chi connectivity index (χ1) is 8.79. The highest BCUT2D eigenvalue weighted by atomic mass is 79.9. The molecule has 2 amide bonds. The number of hydrogen-bond donors (Lipinski definition) is 2. The molecule has 0 heterocycles. The number of halogens is 2. The Morgan fingerprint density at radius 1 is 1.16 bits per heavy atom. The van der Waals surface area contributed by atoms with Gasteiger partial charge < -0.3 is 10.6 Å². The van der Waals surface area contributed by atoms with E-state index in [1.165, 1.54) is 0 Å². The van der Waals surface area contributed by atoms with Crippen LogP contribution in [0.15, 0.2) is 22.7 Å². The lowest BCUT2D eigenvalue weighted by molar-refractivity contribution is -0.123. The summed E-state index contributed by atoms with van der Waals surface area (Å²) in [5, 5.41) is 5.82. The maximum atomic E-state index is 12.0. The lowest BCUT2D eigenvalue weighted by atomic mass is 10.2. The number of amides is 2. The lowest BCUT2D eigenvalue weighted by Gasteiger charge is -2.16. The van der Waals surface area contributed by atoms with Gasteiger partial charge in [0.1, 0.15) is 6.04 Å². The molecule has 1 aromatic rings. The molecule has 4 nitrogen and oxygen atoms in total. The van der Waals surface area contributed by atoms with Crippen molar-refractivity contribution in [1.29, 1.82) is 0 Å². The molecule has 0 radical (unpaired) electrons. The summed E-state index contributed by atoms with van der Waals surface area (Å²) < 4.78 is 0.712. The van der Waals surface area contributed by atoms with Crippen LogP contribution in [0.5, 0.6) is 0 Å². The Balaban J connectivity index is 2.71. The zero-order valence-electron chi connectivity index (χ0n) is 11.0. The fraction of sp³-hybridized carbons (Fsp3) is 0.385. The molecule has 104 valence electrons. The third-order valence-corrected chi connectivity index (χ3v) is 2.97. The first kappa shape index (κ1) is 16.0. The number of rotatable bonds is 4. The quantitative estimate of drug-likeness (QED) is 0.880. The van der Waals surface area contributed by atoms with E-state index < -0.39 is 6.04 Å². The minimum absolute atomic E-state index is 0.0344. The van der Waals surface area contributed by atoms with Crippen molar-refractivity contribution in [2.45, 2.75) is 32.9 Å². The molecule has 2 N–H and O–H groups in total. The Bertz CT molecular complexity index is 471. The van der Waals surface area contributed by atoms with E-state index in [2.05, 4.69) is 26.6 Å². The second kappa shape index (κ2) is 6.91. The molecule has 0 saturated carbocycles. The van der Waals surface area contributed by atoms with Crippen molar-refractivity contribution < 1.29 is 9.59 Å². The standard InChI is InChI=1S/C13H16BrClN2O2/c1-7(2)16-12(18)8(3)17-13(19)9-4-10(14)6-11(15)5-9/h4-8H,1-3H3,(H,16,18)(H,17,19). The van der Waals surface area contributed by atoms with E-state index in [0.717, 1.165) is 0 Å². The molecule has 1 unspecified atom stereocenters. The Labute approximate surface area is 126 Å². The van der Waals surface area contributed by atoms with Gasteiger partial charge in [-0.25, -0.2) is 0 Å². The zero-order valence-corrected chi connectivity index (χ0v) is 13.3. The van der Waals surface area contributed by atoms with E-state index in [4.69, 9.17) is 11.6 Å². The van der Waals surface area contributed by atoms with Gasteiger partial charge in [-0.15, -0.1) is 0 Å². The molecule has 0 fully saturated rings. The number of benzene rings is 1. The highest BCUT2D eigenvalue weighted by molar-refractivity contribution is 9.10. The topological polar surface area (TPSA) is 58.2 Å². The van der Waals surface area contributed by atoms with Crippen LogP contribution in [0.25, 0.3) is 0 Å². The summed E-state index contributed by atoms with van der Waals surface area (Å²) in [4.78, 5) is 23.7. The van der Waals surface area contributed by atoms with Crippen molar-refractivity contribution in [3.63, 3.8) is 0 Å². The molecule has 0 aliphatic carbocycles. The van der Waals surface area contributed by atoms with Crippen LogP contribution in [0.3, 0.4) is 0 Å². The maximum Gasteiger partial charge on any atom is 0.252 e. The van der Waals surface area contributed by atoms with Gasteiger partial charge in [0.15, 0.2) is 0 Å². The van der Waals surface area contributed by atoms with Gasteiger partial charge in [0.05, 0.1) is 0 Å². The number of nitrogens with one attached hydrogen (secondary N) is 2. The lowest BCUT2D eigenvalue weighted by Crippen LogP contribution is -2.46. The highest BCUT2D eigenvalue weighted by Crippen LogP contribution is 2.19. The van der Waals surface area contributed by atoms with Crippen LogP contribution in [0.4, 0.5) is 0 Å². The van der Waals surface area contributed by atoms with Gasteiger partial charge in [0.2, 0.25) is 5.91 Å². The molecule has 6 heteroatoms. The maximum absolute atomic E-state index is 12.0. The van der Waals surface area contributed by atoms with Crippen LogP contribution in [0.2, 0.25) is 5.02 Å². The van der Waals surface area contributed by atoms with Crippen molar-refractivity contribution in [2.24, 2.45) is 0 Å². The molecule has 0 aromatic heterocycles. The molecule has 0 saturated heterocycles. The van der Waals surface area contributed by atoms with E-state index >= 15 is 0 Å². The van der Waals surface area contributed by atoms with Crippen LogP contribution in [-0.4, -0.2) is 23.9 Å². The van der Waals surface area contributed by atoms with Crippen molar-refractivity contribution in [3.8, 4) is 0 Å². The molecule has 0 spiro atoms. The van der Waals surface area contributed by atoms with Gasteiger partial charge in [-0.1, -0.05) is 27.5 Å². The third-order valence-electron chi connectivity index (χ3n) is 2.30. The number of carbonyl (C=O) groups excluding carboxylic acids is 2. The zero-order chi connectivity index (χ0) is 14.6. The molecule has 1 rings (SSSR count). The Morgan fingerprint density at radius 2 is 1.79 bits per heavy atom. The van der Waals surface area contributed by atoms with Gasteiger partial charge >= 0.3 is 0 Å². The van der Waals surface area contributed by atoms with Crippen molar-refractivity contribution >= 4 is 39.3 Å². The van der Waals surface area contributed by atoms with Crippen LogP contribution < -0.4 is 10.6 Å².